The van der Waals surface area contributed by atoms with Crippen LogP contribution < -0.4 is 15.2 Å². The van der Waals surface area contributed by atoms with Gasteiger partial charge in [0.1, 0.15) is 0 Å². The van der Waals surface area contributed by atoms with Crippen molar-refractivity contribution in [3.63, 3.8) is 0 Å². The number of benzene rings is 1. The summed E-state index contributed by atoms with van der Waals surface area (Å²) < 4.78 is 15.6. The second-order valence-corrected chi connectivity index (χ2v) is 5.01. The number of hydrogen-bond acceptors (Lipinski definition) is 5. The maximum atomic E-state index is 11.9. The molecule has 21 heavy (non-hydrogen) atoms. The summed E-state index contributed by atoms with van der Waals surface area (Å²) in [6, 6.07) is 2.82. The maximum Gasteiger partial charge on any atom is 0.339 e. The number of rotatable bonds is 6. The van der Waals surface area contributed by atoms with Gasteiger partial charge in [-0.15, -0.1) is 0 Å². The van der Waals surface area contributed by atoms with Crippen LogP contribution >= 0.6 is 11.6 Å². The van der Waals surface area contributed by atoms with Crippen LogP contribution in [0.5, 0.6) is 11.5 Å². The molecular formula is C14H18ClNO5. The molecule has 0 saturated heterocycles. The Bertz CT molecular complexity index is 544. The van der Waals surface area contributed by atoms with Gasteiger partial charge < -0.3 is 19.9 Å². The summed E-state index contributed by atoms with van der Waals surface area (Å²) in [6.45, 7) is 5.06. The molecule has 1 amide bonds. The Hall–Kier alpha value is -1.95. The van der Waals surface area contributed by atoms with Gasteiger partial charge in [-0.3, -0.25) is 4.79 Å². The largest absolute Gasteiger partial charge is 0.493 e. The van der Waals surface area contributed by atoms with Crippen LogP contribution in [0.4, 0.5) is 0 Å². The van der Waals surface area contributed by atoms with E-state index in [-0.39, 0.29) is 16.7 Å². The first-order valence-electron chi connectivity index (χ1n) is 6.30. The Kier molecular flexibility index (Phi) is 5.84. The van der Waals surface area contributed by atoms with Crippen LogP contribution in [0.25, 0.3) is 0 Å². The standard InChI is InChI=1S/C14H18ClNO5/c1-7(2)20-12-10(15)5-9(6-11(12)19-4)14(18)21-8(3)13(16)17/h5-8H,1-4H3,(H2,16,17)/t8-/m1/s1. The molecule has 0 aliphatic carbocycles. The summed E-state index contributed by atoms with van der Waals surface area (Å²) in [5.74, 6) is -0.817. The molecule has 1 atom stereocenters. The van der Waals surface area contributed by atoms with Crippen LogP contribution in [0.2, 0.25) is 5.02 Å². The normalized spacial score (nSPS) is 11.9. The van der Waals surface area contributed by atoms with Crippen molar-refractivity contribution in [2.75, 3.05) is 7.11 Å². The summed E-state index contributed by atoms with van der Waals surface area (Å²) in [4.78, 5) is 22.8. The summed E-state index contributed by atoms with van der Waals surface area (Å²) >= 11 is 6.10. The van der Waals surface area contributed by atoms with Gasteiger partial charge in [0.15, 0.2) is 17.6 Å². The summed E-state index contributed by atoms with van der Waals surface area (Å²) in [5.41, 5.74) is 5.18. The van der Waals surface area contributed by atoms with E-state index < -0.39 is 18.0 Å². The first-order chi connectivity index (χ1) is 9.76. The monoisotopic (exact) mass is 315 g/mol. The lowest BCUT2D eigenvalue weighted by atomic mass is 10.2. The van der Waals surface area contributed by atoms with Crippen LogP contribution in [0.1, 0.15) is 31.1 Å². The van der Waals surface area contributed by atoms with Gasteiger partial charge >= 0.3 is 5.97 Å². The van der Waals surface area contributed by atoms with Gasteiger partial charge in [-0.25, -0.2) is 4.79 Å². The number of amides is 1. The Morgan fingerprint density at radius 2 is 1.86 bits per heavy atom. The van der Waals surface area contributed by atoms with Gasteiger partial charge in [-0.05, 0) is 32.9 Å². The second-order valence-electron chi connectivity index (χ2n) is 4.61. The second kappa shape index (κ2) is 7.17. The number of esters is 1. The molecule has 0 radical (unpaired) electrons. The average Bonchev–Trinajstić information content (AvgIpc) is 2.39. The first kappa shape index (κ1) is 17.1. The van der Waals surface area contributed by atoms with Crippen molar-refractivity contribution in [1.82, 2.24) is 0 Å². The molecule has 6 nitrogen and oxygen atoms in total. The minimum absolute atomic E-state index is 0.107. The number of carbonyl (C=O) groups excluding carboxylic acids is 2. The van der Waals surface area contributed by atoms with E-state index in [9.17, 15) is 9.59 Å². The van der Waals surface area contributed by atoms with Gasteiger partial charge in [0.2, 0.25) is 0 Å². The van der Waals surface area contributed by atoms with Crippen LogP contribution in [0, 0.1) is 0 Å². The third-order valence-corrected chi connectivity index (χ3v) is 2.78. The Morgan fingerprint density at radius 1 is 1.24 bits per heavy atom. The molecule has 1 aromatic carbocycles. The number of primary amides is 1. The fraction of sp³-hybridized carbons (Fsp3) is 0.429. The van der Waals surface area contributed by atoms with Crippen molar-refractivity contribution in [3.8, 4) is 11.5 Å². The summed E-state index contributed by atoms with van der Waals surface area (Å²) in [5, 5.41) is 0.210. The van der Waals surface area contributed by atoms with E-state index in [1.54, 1.807) is 0 Å². The van der Waals surface area contributed by atoms with E-state index in [1.165, 1.54) is 26.2 Å². The fourth-order valence-electron chi connectivity index (χ4n) is 1.47. The highest BCUT2D eigenvalue weighted by Crippen LogP contribution is 2.37. The Morgan fingerprint density at radius 3 is 2.33 bits per heavy atom. The van der Waals surface area contributed by atoms with E-state index in [1.807, 2.05) is 13.8 Å². The van der Waals surface area contributed by atoms with E-state index in [0.717, 1.165) is 0 Å². The molecule has 0 spiro atoms. The zero-order valence-corrected chi connectivity index (χ0v) is 13.1. The first-order valence-corrected chi connectivity index (χ1v) is 6.68. The number of methoxy groups -OCH3 is 1. The number of carbonyl (C=O) groups is 2. The van der Waals surface area contributed by atoms with Crippen molar-refractivity contribution in [3.05, 3.63) is 22.7 Å². The predicted octanol–water partition coefficient (Wildman–Crippen LogP) is 2.17. The van der Waals surface area contributed by atoms with Crippen molar-refractivity contribution in [2.45, 2.75) is 33.0 Å². The molecule has 1 rings (SSSR count). The van der Waals surface area contributed by atoms with Gasteiger partial charge in [-0.1, -0.05) is 11.6 Å². The fourth-order valence-corrected chi connectivity index (χ4v) is 1.73. The Balaban J connectivity index is 3.08. The minimum atomic E-state index is -1.03. The Labute approximate surface area is 128 Å². The molecule has 0 bridgehead atoms. The zero-order valence-electron chi connectivity index (χ0n) is 12.3. The topological polar surface area (TPSA) is 87.9 Å². The minimum Gasteiger partial charge on any atom is -0.493 e. The number of nitrogens with two attached hydrogens (primary N) is 1. The van der Waals surface area contributed by atoms with Crippen LogP contribution in [-0.2, 0) is 9.53 Å². The molecule has 1 aromatic rings. The van der Waals surface area contributed by atoms with E-state index in [0.29, 0.717) is 11.5 Å². The van der Waals surface area contributed by atoms with Gasteiger partial charge in [0, 0.05) is 0 Å². The third-order valence-electron chi connectivity index (χ3n) is 2.50. The molecule has 0 aromatic heterocycles. The van der Waals surface area contributed by atoms with Crippen LogP contribution in [-0.4, -0.2) is 31.2 Å². The van der Waals surface area contributed by atoms with Crippen molar-refractivity contribution in [1.29, 1.82) is 0 Å². The molecule has 0 aliphatic rings. The molecule has 0 aliphatic heterocycles. The third kappa shape index (κ3) is 4.53. The summed E-state index contributed by atoms with van der Waals surface area (Å²) in [7, 11) is 1.43. The maximum absolute atomic E-state index is 11.9. The van der Waals surface area contributed by atoms with Crippen molar-refractivity contribution < 1.29 is 23.8 Å². The van der Waals surface area contributed by atoms with E-state index in [4.69, 9.17) is 31.5 Å². The lowest BCUT2D eigenvalue weighted by Gasteiger charge is -2.16. The molecular weight excluding hydrogens is 298 g/mol. The summed E-state index contributed by atoms with van der Waals surface area (Å²) in [6.07, 6.45) is -1.14. The van der Waals surface area contributed by atoms with Gasteiger partial charge in [0.05, 0.1) is 23.8 Å². The number of hydrogen-bond donors (Lipinski definition) is 1. The number of halogens is 1. The lowest BCUT2D eigenvalue weighted by Crippen LogP contribution is -2.30. The van der Waals surface area contributed by atoms with Crippen molar-refractivity contribution >= 4 is 23.5 Å². The highest BCUT2D eigenvalue weighted by atomic mass is 35.5. The SMILES string of the molecule is COc1cc(C(=O)O[C@H](C)C(N)=O)cc(Cl)c1OC(C)C. The molecule has 0 saturated carbocycles. The van der Waals surface area contributed by atoms with E-state index >= 15 is 0 Å². The van der Waals surface area contributed by atoms with Crippen molar-refractivity contribution in [2.24, 2.45) is 5.73 Å². The molecule has 7 heteroatoms. The van der Waals surface area contributed by atoms with E-state index in [2.05, 4.69) is 0 Å². The number of ether oxygens (including phenoxy) is 3. The molecule has 0 fully saturated rings. The van der Waals surface area contributed by atoms with Gasteiger partial charge in [-0.2, -0.15) is 0 Å². The molecule has 0 unspecified atom stereocenters. The highest BCUT2D eigenvalue weighted by molar-refractivity contribution is 6.32. The van der Waals surface area contributed by atoms with Crippen LogP contribution in [0.3, 0.4) is 0 Å². The predicted molar refractivity (Wildman–Crippen MR) is 77.8 cm³/mol. The smallest absolute Gasteiger partial charge is 0.339 e. The molecule has 2 N–H and O–H groups in total. The van der Waals surface area contributed by atoms with Gasteiger partial charge in [0.25, 0.3) is 5.91 Å². The average molecular weight is 316 g/mol. The quantitative estimate of drug-likeness (QED) is 0.813. The molecule has 116 valence electrons. The zero-order chi connectivity index (χ0) is 16.2. The van der Waals surface area contributed by atoms with Crippen LogP contribution in [0.15, 0.2) is 12.1 Å². The molecule has 0 heterocycles. The highest BCUT2D eigenvalue weighted by Gasteiger charge is 2.20. The lowest BCUT2D eigenvalue weighted by molar-refractivity contribution is -0.125.